The van der Waals surface area contributed by atoms with E-state index in [0.717, 1.165) is 24.5 Å². The molecule has 2 aliphatic heterocycles. The van der Waals surface area contributed by atoms with E-state index in [-0.39, 0.29) is 0 Å². The molecular formula is C13H22N4. The monoisotopic (exact) mass is 234 g/mol. The number of anilines is 1. The lowest BCUT2D eigenvalue weighted by Crippen LogP contribution is -2.47. The van der Waals surface area contributed by atoms with Crippen molar-refractivity contribution in [2.45, 2.75) is 57.2 Å². The predicted octanol–water partition coefficient (Wildman–Crippen LogP) is 1.69. The molecule has 17 heavy (non-hydrogen) atoms. The van der Waals surface area contributed by atoms with E-state index in [1.807, 2.05) is 6.20 Å². The first kappa shape index (κ1) is 11.1. The molecule has 0 saturated carbocycles. The van der Waals surface area contributed by atoms with Crippen LogP contribution in [0.1, 0.15) is 38.3 Å². The number of aromatic nitrogens is 2. The van der Waals surface area contributed by atoms with Gasteiger partial charge in [-0.15, -0.1) is 0 Å². The van der Waals surface area contributed by atoms with Crippen LogP contribution in [-0.2, 0) is 6.42 Å². The first-order chi connectivity index (χ1) is 8.26. The van der Waals surface area contributed by atoms with Gasteiger partial charge in [0.25, 0.3) is 0 Å². The van der Waals surface area contributed by atoms with Gasteiger partial charge in [0.2, 0.25) is 5.95 Å². The van der Waals surface area contributed by atoms with E-state index in [9.17, 15) is 0 Å². The number of rotatable bonds is 3. The third kappa shape index (κ3) is 2.06. The molecule has 4 heteroatoms. The van der Waals surface area contributed by atoms with Crippen LogP contribution in [0.25, 0.3) is 0 Å². The summed E-state index contributed by atoms with van der Waals surface area (Å²) in [7, 11) is 2.17. The average molecular weight is 234 g/mol. The van der Waals surface area contributed by atoms with Crippen molar-refractivity contribution < 1.29 is 0 Å². The zero-order valence-corrected chi connectivity index (χ0v) is 10.7. The fraction of sp³-hybridized carbons (Fsp3) is 0.769. The van der Waals surface area contributed by atoms with Gasteiger partial charge in [0.05, 0.1) is 6.20 Å². The Hall–Kier alpha value is -1.03. The summed E-state index contributed by atoms with van der Waals surface area (Å²) in [5.41, 5.74) is 1.23. The molecule has 4 nitrogen and oxygen atoms in total. The van der Waals surface area contributed by atoms with Crippen molar-refractivity contribution in [1.29, 1.82) is 0 Å². The topological polar surface area (TPSA) is 44.0 Å². The van der Waals surface area contributed by atoms with Gasteiger partial charge in [-0.05, 0) is 32.1 Å². The third-order valence-corrected chi connectivity index (χ3v) is 4.33. The fourth-order valence-electron chi connectivity index (χ4n) is 3.22. The van der Waals surface area contributed by atoms with Crippen molar-refractivity contribution in [2.24, 2.45) is 0 Å². The Kier molecular flexibility index (Phi) is 2.82. The minimum absolute atomic E-state index is 0.643. The molecule has 2 aliphatic rings. The molecule has 3 rings (SSSR count). The predicted molar refractivity (Wildman–Crippen MR) is 69.3 cm³/mol. The van der Waals surface area contributed by atoms with Gasteiger partial charge < -0.3 is 15.2 Å². The summed E-state index contributed by atoms with van der Waals surface area (Å²) in [6, 6.07) is 2.12. The minimum atomic E-state index is 0.643. The van der Waals surface area contributed by atoms with Crippen LogP contribution in [-0.4, -0.2) is 35.1 Å². The third-order valence-electron chi connectivity index (χ3n) is 4.33. The molecule has 2 bridgehead atoms. The van der Waals surface area contributed by atoms with Gasteiger partial charge in [0, 0.05) is 30.9 Å². The highest BCUT2D eigenvalue weighted by atomic mass is 15.3. The first-order valence-electron chi connectivity index (χ1n) is 6.79. The van der Waals surface area contributed by atoms with Crippen LogP contribution in [0.3, 0.4) is 0 Å². The summed E-state index contributed by atoms with van der Waals surface area (Å²) in [6.45, 7) is 2.15. The normalized spacial score (nSPS) is 31.8. The summed E-state index contributed by atoms with van der Waals surface area (Å²) in [6.07, 6.45) is 8.21. The van der Waals surface area contributed by atoms with Gasteiger partial charge in [-0.3, -0.25) is 0 Å². The standard InChI is InChI=1S/C13H22N4/c1-3-9-8-14-13(16-9)17(2)12-6-10-4-5-11(7-12)15-10/h8,10-12,15H,3-7H2,1-2H3,(H,14,16). The lowest BCUT2D eigenvalue weighted by Gasteiger charge is -2.35. The van der Waals surface area contributed by atoms with Gasteiger partial charge in [0.1, 0.15) is 0 Å². The Morgan fingerprint density at radius 2 is 2.06 bits per heavy atom. The number of imidazole rings is 1. The first-order valence-corrected chi connectivity index (χ1v) is 6.79. The van der Waals surface area contributed by atoms with Crippen molar-refractivity contribution in [3.63, 3.8) is 0 Å². The molecule has 0 aromatic carbocycles. The molecule has 0 spiro atoms. The van der Waals surface area contributed by atoms with Crippen molar-refractivity contribution >= 4 is 5.95 Å². The van der Waals surface area contributed by atoms with Crippen LogP contribution in [0.2, 0.25) is 0 Å². The van der Waals surface area contributed by atoms with E-state index in [1.54, 1.807) is 0 Å². The van der Waals surface area contributed by atoms with Gasteiger partial charge in [-0.25, -0.2) is 4.98 Å². The number of H-pyrrole nitrogens is 1. The van der Waals surface area contributed by atoms with Crippen LogP contribution in [0.15, 0.2) is 6.20 Å². The van der Waals surface area contributed by atoms with Crippen LogP contribution >= 0.6 is 0 Å². The Morgan fingerprint density at radius 3 is 2.65 bits per heavy atom. The second-order valence-electron chi connectivity index (χ2n) is 5.46. The Labute approximate surface area is 103 Å². The molecule has 94 valence electrons. The van der Waals surface area contributed by atoms with Gasteiger partial charge in [0.15, 0.2) is 0 Å². The second-order valence-corrected chi connectivity index (χ2v) is 5.46. The fourth-order valence-corrected chi connectivity index (χ4v) is 3.22. The van der Waals surface area contributed by atoms with E-state index in [4.69, 9.17) is 0 Å². The number of nitrogens with zero attached hydrogens (tertiary/aromatic N) is 2. The van der Waals surface area contributed by atoms with Crippen LogP contribution in [0.5, 0.6) is 0 Å². The lowest BCUT2D eigenvalue weighted by atomic mass is 9.99. The zero-order valence-electron chi connectivity index (χ0n) is 10.7. The molecule has 2 N–H and O–H groups in total. The number of aryl methyl sites for hydroxylation is 1. The molecular weight excluding hydrogens is 212 g/mol. The van der Waals surface area contributed by atoms with Crippen molar-refractivity contribution in [2.75, 3.05) is 11.9 Å². The summed E-state index contributed by atoms with van der Waals surface area (Å²) < 4.78 is 0. The number of piperidine rings is 1. The maximum Gasteiger partial charge on any atom is 0.202 e. The molecule has 1 aromatic rings. The Morgan fingerprint density at radius 1 is 1.35 bits per heavy atom. The summed E-state index contributed by atoms with van der Waals surface area (Å²) >= 11 is 0. The minimum Gasteiger partial charge on any atom is -0.342 e. The quantitative estimate of drug-likeness (QED) is 0.836. The highest BCUT2D eigenvalue weighted by Crippen LogP contribution is 2.30. The van der Waals surface area contributed by atoms with E-state index in [2.05, 4.69) is 34.2 Å². The SMILES string of the molecule is CCc1cnc(N(C)C2CC3CCC(C2)N3)[nH]1. The van der Waals surface area contributed by atoms with E-state index < -0.39 is 0 Å². The summed E-state index contributed by atoms with van der Waals surface area (Å²) in [4.78, 5) is 10.2. The maximum absolute atomic E-state index is 4.48. The van der Waals surface area contributed by atoms with Crippen LogP contribution in [0.4, 0.5) is 5.95 Å². The van der Waals surface area contributed by atoms with Crippen molar-refractivity contribution in [1.82, 2.24) is 15.3 Å². The van der Waals surface area contributed by atoms with Crippen molar-refractivity contribution in [3.8, 4) is 0 Å². The van der Waals surface area contributed by atoms with Gasteiger partial charge >= 0.3 is 0 Å². The number of hydrogen-bond acceptors (Lipinski definition) is 3. The number of aromatic amines is 1. The number of fused-ring (bicyclic) bond motifs is 2. The maximum atomic E-state index is 4.48. The lowest BCUT2D eigenvalue weighted by molar-refractivity contribution is 0.353. The largest absolute Gasteiger partial charge is 0.342 e. The second kappa shape index (κ2) is 4.33. The summed E-state index contributed by atoms with van der Waals surface area (Å²) in [5.74, 6) is 1.04. The molecule has 2 atom stereocenters. The average Bonchev–Trinajstić information content (AvgIpc) is 2.95. The van der Waals surface area contributed by atoms with Crippen LogP contribution in [0, 0.1) is 0 Å². The molecule has 2 fully saturated rings. The molecule has 2 unspecified atom stereocenters. The molecule has 1 aromatic heterocycles. The molecule has 2 saturated heterocycles. The number of hydrogen-bond donors (Lipinski definition) is 2. The summed E-state index contributed by atoms with van der Waals surface area (Å²) in [5, 5.41) is 3.69. The van der Waals surface area contributed by atoms with Crippen LogP contribution < -0.4 is 10.2 Å². The van der Waals surface area contributed by atoms with E-state index >= 15 is 0 Å². The molecule has 3 heterocycles. The van der Waals surface area contributed by atoms with E-state index in [1.165, 1.54) is 31.4 Å². The smallest absolute Gasteiger partial charge is 0.202 e. The highest BCUT2D eigenvalue weighted by Gasteiger charge is 2.35. The molecule has 0 aliphatic carbocycles. The highest BCUT2D eigenvalue weighted by molar-refractivity contribution is 5.32. The van der Waals surface area contributed by atoms with E-state index in [0.29, 0.717) is 6.04 Å². The Bertz CT molecular complexity index is 375. The van der Waals surface area contributed by atoms with Crippen molar-refractivity contribution in [3.05, 3.63) is 11.9 Å². The van der Waals surface area contributed by atoms with Gasteiger partial charge in [-0.1, -0.05) is 6.92 Å². The number of nitrogens with one attached hydrogen (secondary N) is 2. The Balaban J connectivity index is 1.71. The molecule has 0 amide bonds. The molecule has 0 radical (unpaired) electrons. The van der Waals surface area contributed by atoms with Gasteiger partial charge in [-0.2, -0.15) is 0 Å². The zero-order chi connectivity index (χ0) is 11.8.